The minimum atomic E-state index is -0.452. The van der Waals surface area contributed by atoms with Crippen molar-refractivity contribution in [1.82, 2.24) is 0 Å². The molecule has 0 spiro atoms. The van der Waals surface area contributed by atoms with Crippen LogP contribution in [0.15, 0.2) is 0 Å². The normalized spacial score (nSPS) is 12.6. The van der Waals surface area contributed by atoms with Crippen LogP contribution in [0.5, 0.6) is 0 Å². The molecule has 11 heavy (non-hydrogen) atoms. The largest absolute Gasteiger partial charge is 0.468 e. The van der Waals surface area contributed by atoms with E-state index in [9.17, 15) is 4.79 Å². The van der Waals surface area contributed by atoms with Gasteiger partial charge in [0.1, 0.15) is 6.04 Å². The Balaban J connectivity index is 3.36. The van der Waals surface area contributed by atoms with Gasteiger partial charge in [0.2, 0.25) is 0 Å². The van der Waals surface area contributed by atoms with Crippen LogP contribution in [-0.4, -0.2) is 25.7 Å². The number of nitrogens with two attached hydrogens (primary N) is 1. The monoisotopic (exact) mass is 161 g/mol. The van der Waals surface area contributed by atoms with E-state index >= 15 is 0 Å². The van der Waals surface area contributed by atoms with Crippen molar-refractivity contribution in [1.29, 1.82) is 0 Å². The molecule has 0 heterocycles. The third-order valence-electron chi connectivity index (χ3n) is 1.52. The zero-order chi connectivity index (χ0) is 8.69. The van der Waals surface area contributed by atoms with E-state index in [1.165, 1.54) is 7.11 Å². The molecular formula is C7H17N2O2+. The van der Waals surface area contributed by atoms with Crippen LogP contribution < -0.4 is 11.5 Å². The van der Waals surface area contributed by atoms with Gasteiger partial charge in [0.25, 0.3) is 0 Å². The second-order valence-corrected chi connectivity index (χ2v) is 2.48. The fraction of sp³-hybridized carbons (Fsp3) is 0.857. The lowest BCUT2D eigenvalue weighted by molar-refractivity contribution is -0.368. The summed E-state index contributed by atoms with van der Waals surface area (Å²) in [5.74, 6) is -0.325. The molecule has 0 bridgehead atoms. The van der Waals surface area contributed by atoms with Crippen LogP contribution in [0.1, 0.15) is 19.3 Å². The molecule has 0 amide bonds. The zero-order valence-corrected chi connectivity index (χ0v) is 7.01. The van der Waals surface area contributed by atoms with Gasteiger partial charge in [-0.1, -0.05) is 0 Å². The van der Waals surface area contributed by atoms with E-state index in [2.05, 4.69) is 10.5 Å². The van der Waals surface area contributed by atoms with Crippen molar-refractivity contribution >= 4 is 5.97 Å². The highest BCUT2D eigenvalue weighted by atomic mass is 16.5. The van der Waals surface area contributed by atoms with Crippen LogP contribution in [0.25, 0.3) is 0 Å². The maximum Gasteiger partial charge on any atom is 0.322 e. The Hall–Kier alpha value is -0.610. The predicted molar refractivity (Wildman–Crippen MR) is 41.6 cm³/mol. The van der Waals surface area contributed by atoms with Gasteiger partial charge in [-0.25, -0.2) is 0 Å². The molecule has 0 aliphatic rings. The van der Waals surface area contributed by atoms with E-state index in [-0.39, 0.29) is 5.97 Å². The number of rotatable bonds is 5. The summed E-state index contributed by atoms with van der Waals surface area (Å²) in [4.78, 5) is 10.7. The Labute approximate surface area is 66.9 Å². The summed E-state index contributed by atoms with van der Waals surface area (Å²) in [6, 6.07) is -0.452. The first-order chi connectivity index (χ1) is 5.22. The molecule has 0 aromatic rings. The van der Waals surface area contributed by atoms with Gasteiger partial charge in [0, 0.05) is 0 Å². The maximum absolute atomic E-state index is 10.7. The van der Waals surface area contributed by atoms with E-state index in [1.54, 1.807) is 0 Å². The van der Waals surface area contributed by atoms with Crippen LogP contribution in [0.3, 0.4) is 0 Å². The molecule has 0 saturated heterocycles. The van der Waals surface area contributed by atoms with Gasteiger partial charge in [-0.15, -0.1) is 0 Å². The van der Waals surface area contributed by atoms with Crippen molar-refractivity contribution in [2.45, 2.75) is 25.3 Å². The summed E-state index contributed by atoms with van der Waals surface area (Å²) in [5, 5.41) is 0. The molecule has 4 nitrogen and oxygen atoms in total. The number of unbranched alkanes of at least 4 members (excludes halogenated alkanes) is 1. The first-order valence-electron chi connectivity index (χ1n) is 3.85. The smallest absolute Gasteiger partial charge is 0.322 e. The number of quaternary nitrogens is 1. The average molecular weight is 161 g/mol. The van der Waals surface area contributed by atoms with Gasteiger partial charge in [-0.2, -0.15) is 0 Å². The van der Waals surface area contributed by atoms with Crippen LogP contribution in [0.2, 0.25) is 0 Å². The quantitative estimate of drug-likeness (QED) is 0.396. The number of carbonyl (C=O) groups is 1. The lowest BCUT2D eigenvalue weighted by Crippen LogP contribution is -2.50. The lowest BCUT2D eigenvalue weighted by Gasteiger charge is -2.06. The number of ether oxygens (including phenoxy) is 1. The molecule has 0 aliphatic heterocycles. The van der Waals surface area contributed by atoms with Crippen molar-refractivity contribution in [2.75, 3.05) is 13.7 Å². The Kier molecular flexibility index (Phi) is 5.78. The van der Waals surface area contributed by atoms with E-state index < -0.39 is 6.04 Å². The first-order valence-corrected chi connectivity index (χ1v) is 3.85. The van der Waals surface area contributed by atoms with E-state index in [0.29, 0.717) is 6.42 Å². The number of hydrogen-bond acceptors (Lipinski definition) is 3. The standard InChI is InChI=1S/C7H16N2O2/c1-11-7(10)6(9)4-2-3-5-8/h6H,2-5,8-9H2,1H3/p+1/t6-/m0/s1. The van der Waals surface area contributed by atoms with Crippen molar-refractivity contribution in [3.63, 3.8) is 0 Å². The summed E-state index contributed by atoms with van der Waals surface area (Å²) in [6.07, 6.45) is 2.66. The van der Waals surface area contributed by atoms with Crippen LogP contribution in [0, 0.1) is 0 Å². The molecule has 0 radical (unpaired) electrons. The fourth-order valence-corrected chi connectivity index (χ4v) is 0.810. The molecule has 0 aliphatic carbocycles. The molecule has 66 valence electrons. The summed E-state index contributed by atoms with van der Waals surface area (Å²) in [6.45, 7) is 0.897. The molecule has 0 unspecified atom stereocenters. The molecule has 0 saturated carbocycles. The third-order valence-corrected chi connectivity index (χ3v) is 1.52. The highest BCUT2D eigenvalue weighted by Crippen LogP contribution is 1.98. The van der Waals surface area contributed by atoms with Gasteiger partial charge in [0.05, 0.1) is 13.7 Å². The molecular weight excluding hydrogens is 144 g/mol. The first kappa shape index (κ1) is 10.4. The SMILES string of the molecule is COC(=O)[C@@H](N)CCCC[NH3+]. The molecule has 0 fully saturated rings. The lowest BCUT2D eigenvalue weighted by atomic mass is 10.1. The zero-order valence-electron chi connectivity index (χ0n) is 7.01. The van der Waals surface area contributed by atoms with Gasteiger partial charge in [-0.05, 0) is 19.3 Å². The molecule has 5 N–H and O–H groups in total. The number of methoxy groups -OCH3 is 1. The Bertz CT molecular complexity index is 117. The van der Waals surface area contributed by atoms with E-state index in [4.69, 9.17) is 5.73 Å². The van der Waals surface area contributed by atoms with Crippen LogP contribution >= 0.6 is 0 Å². The number of hydrogen-bond donors (Lipinski definition) is 2. The number of carbonyl (C=O) groups excluding carboxylic acids is 1. The van der Waals surface area contributed by atoms with Gasteiger partial charge in [0.15, 0.2) is 0 Å². The topological polar surface area (TPSA) is 80.0 Å². The average Bonchev–Trinajstić information content (AvgIpc) is 2.03. The van der Waals surface area contributed by atoms with Crippen molar-refractivity contribution in [3.05, 3.63) is 0 Å². The van der Waals surface area contributed by atoms with Gasteiger partial charge in [-0.3, -0.25) is 4.79 Å². The predicted octanol–water partition coefficient (Wildman–Crippen LogP) is -1.10. The van der Waals surface area contributed by atoms with Crippen molar-refractivity contribution in [2.24, 2.45) is 5.73 Å². The van der Waals surface area contributed by atoms with Crippen LogP contribution in [-0.2, 0) is 9.53 Å². The summed E-state index contributed by atoms with van der Waals surface area (Å²) in [7, 11) is 1.35. The van der Waals surface area contributed by atoms with Gasteiger partial charge >= 0.3 is 5.97 Å². The minimum Gasteiger partial charge on any atom is -0.468 e. The second-order valence-electron chi connectivity index (χ2n) is 2.48. The van der Waals surface area contributed by atoms with Crippen molar-refractivity contribution in [3.8, 4) is 0 Å². The number of esters is 1. The summed E-state index contributed by atoms with van der Waals surface area (Å²) in [5.41, 5.74) is 9.16. The molecule has 0 aromatic heterocycles. The second kappa shape index (κ2) is 6.12. The fourth-order valence-electron chi connectivity index (χ4n) is 0.810. The molecule has 4 heteroatoms. The van der Waals surface area contributed by atoms with Gasteiger partial charge < -0.3 is 16.2 Å². The maximum atomic E-state index is 10.7. The van der Waals surface area contributed by atoms with Crippen molar-refractivity contribution < 1.29 is 15.3 Å². The molecule has 0 rings (SSSR count). The summed E-state index contributed by atoms with van der Waals surface area (Å²) >= 11 is 0. The van der Waals surface area contributed by atoms with Crippen LogP contribution in [0.4, 0.5) is 0 Å². The summed E-state index contributed by atoms with van der Waals surface area (Å²) < 4.78 is 4.46. The minimum absolute atomic E-state index is 0.325. The molecule has 0 aromatic carbocycles. The van der Waals surface area contributed by atoms with E-state index in [0.717, 1.165) is 19.4 Å². The Morgan fingerprint density at radius 2 is 2.27 bits per heavy atom. The van der Waals surface area contributed by atoms with E-state index in [1.807, 2.05) is 0 Å². The Morgan fingerprint density at radius 3 is 2.73 bits per heavy atom. The molecule has 1 atom stereocenters. The Morgan fingerprint density at radius 1 is 1.64 bits per heavy atom. The third kappa shape index (κ3) is 4.75. The highest BCUT2D eigenvalue weighted by Gasteiger charge is 2.11. The highest BCUT2D eigenvalue weighted by molar-refractivity contribution is 5.75.